The minimum Gasteiger partial charge on any atom is -0.309 e. The van der Waals surface area contributed by atoms with Crippen LogP contribution in [0.15, 0.2) is 34.8 Å². The van der Waals surface area contributed by atoms with Crippen LogP contribution in [0.1, 0.15) is 22.3 Å². The predicted octanol–water partition coefficient (Wildman–Crippen LogP) is 4.63. The van der Waals surface area contributed by atoms with Crippen molar-refractivity contribution in [1.29, 1.82) is 0 Å². The molecule has 0 spiro atoms. The molecule has 0 heterocycles. The Kier molecular flexibility index (Phi) is 4.89. The first-order chi connectivity index (χ1) is 9.45. The molecule has 0 saturated heterocycles. The Morgan fingerprint density at radius 2 is 1.45 bits per heavy atom. The molecule has 0 aliphatic rings. The molecule has 2 rings (SSSR count). The van der Waals surface area contributed by atoms with Crippen molar-refractivity contribution < 1.29 is 8.78 Å². The number of hydrogen-bond donors (Lipinski definition) is 1. The van der Waals surface area contributed by atoms with Crippen molar-refractivity contribution in [2.75, 3.05) is 0 Å². The molecule has 0 bridgehead atoms. The molecule has 0 aliphatic heterocycles. The SMILES string of the molecule is Cc1cc(CNCc2cc(F)cc(Br)c2)cc(C)c1F. The molecule has 4 heteroatoms. The van der Waals surface area contributed by atoms with Gasteiger partial charge >= 0.3 is 0 Å². The zero-order valence-electron chi connectivity index (χ0n) is 11.4. The first kappa shape index (κ1) is 15.1. The Bertz CT molecular complexity index is 583. The number of aryl methyl sites for hydroxylation is 2. The van der Waals surface area contributed by atoms with E-state index in [1.807, 2.05) is 18.2 Å². The maximum atomic E-state index is 13.5. The lowest BCUT2D eigenvalue weighted by molar-refractivity contribution is 0.605. The molecule has 1 nitrogen and oxygen atoms in total. The highest BCUT2D eigenvalue weighted by Gasteiger charge is 2.04. The zero-order chi connectivity index (χ0) is 14.7. The molecule has 0 saturated carbocycles. The first-order valence-electron chi connectivity index (χ1n) is 6.37. The lowest BCUT2D eigenvalue weighted by Gasteiger charge is -2.09. The van der Waals surface area contributed by atoms with Gasteiger partial charge in [0.15, 0.2) is 0 Å². The van der Waals surface area contributed by atoms with Crippen molar-refractivity contribution in [2.24, 2.45) is 0 Å². The fourth-order valence-corrected chi connectivity index (χ4v) is 2.71. The van der Waals surface area contributed by atoms with Crippen LogP contribution < -0.4 is 5.32 Å². The Morgan fingerprint density at radius 3 is 2.00 bits per heavy atom. The number of rotatable bonds is 4. The van der Waals surface area contributed by atoms with Crippen molar-refractivity contribution in [3.8, 4) is 0 Å². The van der Waals surface area contributed by atoms with Crippen LogP contribution >= 0.6 is 15.9 Å². The second-order valence-corrected chi connectivity index (χ2v) is 5.84. The van der Waals surface area contributed by atoms with Crippen molar-refractivity contribution in [3.63, 3.8) is 0 Å². The van der Waals surface area contributed by atoms with Crippen LogP contribution in [0, 0.1) is 25.5 Å². The van der Waals surface area contributed by atoms with E-state index in [4.69, 9.17) is 0 Å². The fraction of sp³-hybridized carbons (Fsp3) is 0.250. The molecule has 0 unspecified atom stereocenters. The van der Waals surface area contributed by atoms with Crippen LogP contribution in [0.5, 0.6) is 0 Å². The summed E-state index contributed by atoms with van der Waals surface area (Å²) in [5.74, 6) is -0.410. The monoisotopic (exact) mass is 339 g/mol. The number of hydrogen-bond acceptors (Lipinski definition) is 1. The van der Waals surface area contributed by atoms with Gasteiger partial charge in [0.1, 0.15) is 11.6 Å². The third-order valence-corrected chi connectivity index (χ3v) is 3.53. The van der Waals surface area contributed by atoms with E-state index in [1.54, 1.807) is 13.8 Å². The predicted molar refractivity (Wildman–Crippen MR) is 80.5 cm³/mol. The molecule has 1 N–H and O–H groups in total. The van der Waals surface area contributed by atoms with E-state index >= 15 is 0 Å². The third kappa shape index (κ3) is 3.87. The number of nitrogens with one attached hydrogen (secondary N) is 1. The zero-order valence-corrected chi connectivity index (χ0v) is 13.0. The van der Waals surface area contributed by atoms with Gasteiger partial charge in [0.05, 0.1) is 0 Å². The van der Waals surface area contributed by atoms with E-state index in [2.05, 4.69) is 21.2 Å². The highest BCUT2D eigenvalue weighted by molar-refractivity contribution is 9.10. The molecular formula is C16H16BrF2N. The molecule has 0 atom stereocenters. The number of halogens is 3. The van der Waals surface area contributed by atoms with E-state index in [0.29, 0.717) is 24.2 Å². The minimum absolute atomic E-state index is 0.150. The van der Waals surface area contributed by atoms with Crippen molar-refractivity contribution in [2.45, 2.75) is 26.9 Å². The Labute approximate surface area is 126 Å². The quantitative estimate of drug-likeness (QED) is 0.855. The van der Waals surface area contributed by atoms with Gasteiger partial charge in [-0.3, -0.25) is 0 Å². The van der Waals surface area contributed by atoms with Crippen molar-refractivity contribution >= 4 is 15.9 Å². The molecule has 0 fully saturated rings. The van der Waals surface area contributed by atoms with Crippen LogP contribution in [0.2, 0.25) is 0 Å². The summed E-state index contributed by atoms with van der Waals surface area (Å²) in [6, 6.07) is 8.46. The highest BCUT2D eigenvalue weighted by Crippen LogP contribution is 2.16. The first-order valence-corrected chi connectivity index (χ1v) is 7.16. The topological polar surface area (TPSA) is 12.0 Å². The van der Waals surface area contributed by atoms with Crippen LogP contribution in [0.25, 0.3) is 0 Å². The van der Waals surface area contributed by atoms with Crippen LogP contribution in [-0.4, -0.2) is 0 Å². The van der Waals surface area contributed by atoms with Crippen molar-refractivity contribution in [3.05, 3.63) is 68.7 Å². The molecule has 0 amide bonds. The molecular weight excluding hydrogens is 324 g/mol. The summed E-state index contributed by atoms with van der Waals surface area (Å²) < 4.78 is 27.5. The largest absolute Gasteiger partial charge is 0.309 e. The molecule has 2 aromatic rings. The summed E-state index contributed by atoms with van der Waals surface area (Å²) in [7, 11) is 0. The number of benzene rings is 2. The summed E-state index contributed by atoms with van der Waals surface area (Å²) in [6.45, 7) is 4.70. The summed E-state index contributed by atoms with van der Waals surface area (Å²) in [5.41, 5.74) is 3.19. The van der Waals surface area contributed by atoms with Gasteiger partial charge in [-0.2, -0.15) is 0 Å². The van der Waals surface area contributed by atoms with Gasteiger partial charge in [0.25, 0.3) is 0 Å². The Morgan fingerprint density at radius 1 is 0.900 bits per heavy atom. The van der Waals surface area contributed by atoms with Crippen LogP contribution in [0.3, 0.4) is 0 Å². The minimum atomic E-state index is -0.260. The smallest absolute Gasteiger partial charge is 0.129 e. The summed E-state index contributed by atoms with van der Waals surface area (Å²) in [4.78, 5) is 0. The Hall–Kier alpha value is -1.26. The third-order valence-electron chi connectivity index (χ3n) is 3.08. The second kappa shape index (κ2) is 6.46. The van der Waals surface area contributed by atoms with E-state index in [9.17, 15) is 8.78 Å². The normalized spacial score (nSPS) is 10.8. The summed E-state index contributed by atoms with van der Waals surface area (Å²) in [6.07, 6.45) is 0. The summed E-state index contributed by atoms with van der Waals surface area (Å²) in [5, 5.41) is 3.24. The van der Waals surface area contributed by atoms with E-state index in [1.165, 1.54) is 12.1 Å². The average Bonchev–Trinajstić information content (AvgIpc) is 2.34. The van der Waals surface area contributed by atoms with Gasteiger partial charge in [0, 0.05) is 17.6 Å². The van der Waals surface area contributed by atoms with E-state index in [-0.39, 0.29) is 11.6 Å². The molecule has 106 valence electrons. The van der Waals surface area contributed by atoms with Gasteiger partial charge in [-0.25, -0.2) is 8.78 Å². The maximum absolute atomic E-state index is 13.5. The second-order valence-electron chi connectivity index (χ2n) is 4.92. The van der Waals surface area contributed by atoms with Crippen LogP contribution in [-0.2, 0) is 13.1 Å². The van der Waals surface area contributed by atoms with E-state index < -0.39 is 0 Å². The van der Waals surface area contributed by atoms with Crippen LogP contribution in [0.4, 0.5) is 8.78 Å². The van der Waals surface area contributed by atoms with Gasteiger partial charge in [-0.1, -0.05) is 28.1 Å². The molecule has 2 aromatic carbocycles. The lowest BCUT2D eigenvalue weighted by Crippen LogP contribution is -2.13. The Balaban J connectivity index is 1.99. The van der Waals surface area contributed by atoms with Gasteiger partial charge in [0.2, 0.25) is 0 Å². The van der Waals surface area contributed by atoms with Gasteiger partial charge in [-0.15, -0.1) is 0 Å². The fourth-order valence-electron chi connectivity index (χ4n) is 2.20. The maximum Gasteiger partial charge on any atom is 0.129 e. The molecule has 20 heavy (non-hydrogen) atoms. The standard InChI is InChI=1S/C16H16BrF2N/c1-10-3-12(4-11(2)16(10)19)8-20-9-13-5-14(17)7-15(18)6-13/h3-7,20H,8-9H2,1-2H3. The van der Waals surface area contributed by atoms with Gasteiger partial charge in [-0.05, 0) is 54.3 Å². The lowest BCUT2D eigenvalue weighted by atomic mass is 10.1. The molecule has 0 radical (unpaired) electrons. The van der Waals surface area contributed by atoms with Crippen molar-refractivity contribution in [1.82, 2.24) is 5.32 Å². The summed E-state index contributed by atoms with van der Waals surface area (Å²) >= 11 is 3.27. The highest BCUT2D eigenvalue weighted by atomic mass is 79.9. The average molecular weight is 340 g/mol. The van der Waals surface area contributed by atoms with E-state index in [0.717, 1.165) is 15.6 Å². The molecule has 0 aliphatic carbocycles. The van der Waals surface area contributed by atoms with Gasteiger partial charge < -0.3 is 5.32 Å². The molecule has 0 aromatic heterocycles.